The predicted molar refractivity (Wildman–Crippen MR) is 104 cm³/mol. The van der Waals surface area contributed by atoms with Gasteiger partial charge in [0.1, 0.15) is 6.54 Å². The molecule has 0 saturated heterocycles. The fraction of sp³-hybridized carbons (Fsp3) is 0.222. The SMILES string of the molecule is CNS(=O)(=O)c1cc(NC(=O)Cn2nnc(-c3ccc(C)cc3)n2)ccc1C. The van der Waals surface area contributed by atoms with Crippen LogP contribution in [0.2, 0.25) is 0 Å². The minimum Gasteiger partial charge on any atom is -0.324 e. The van der Waals surface area contributed by atoms with Gasteiger partial charge in [-0.15, -0.1) is 10.2 Å². The van der Waals surface area contributed by atoms with Gasteiger partial charge in [0.05, 0.1) is 4.90 Å². The normalized spacial score (nSPS) is 11.4. The number of carbonyl (C=O) groups is 1. The van der Waals surface area contributed by atoms with E-state index in [1.807, 2.05) is 31.2 Å². The van der Waals surface area contributed by atoms with Gasteiger partial charge in [0.25, 0.3) is 0 Å². The topological polar surface area (TPSA) is 119 Å². The zero-order valence-corrected chi connectivity index (χ0v) is 16.5. The summed E-state index contributed by atoms with van der Waals surface area (Å²) in [7, 11) is -2.28. The van der Waals surface area contributed by atoms with Gasteiger partial charge >= 0.3 is 0 Å². The molecule has 0 fully saturated rings. The summed E-state index contributed by atoms with van der Waals surface area (Å²) in [5, 5.41) is 14.7. The van der Waals surface area contributed by atoms with Gasteiger partial charge in [0, 0.05) is 11.3 Å². The summed E-state index contributed by atoms with van der Waals surface area (Å²) in [6.07, 6.45) is 0. The van der Waals surface area contributed by atoms with Crippen molar-refractivity contribution < 1.29 is 13.2 Å². The number of amides is 1. The smallest absolute Gasteiger partial charge is 0.248 e. The van der Waals surface area contributed by atoms with Gasteiger partial charge in [0.2, 0.25) is 21.8 Å². The molecular weight excluding hydrogens is 380 g/mol. The van der Waals surface area contributed by atoms with Gasteiger partial charge < -0.3 is 5.32 Å². The first-order valence-electron chi connectivity index (χ1n) is 8.47. The summed E-state index contributed by atoms with van der Waals surface area (Å²) in [4.78, 5) is 13.6. The highest BCUT2D eigenvalue weighted by molar-refractivity contribution is 7.89. The number of aryl methyl sites for hydroxylation is 2. The first-order chi connectivity index (χ1) is 13.3. The van der Waals surface area contributed by atoms with E-state index in [1.54, 1.807) is 19.1 Å². The molecule has 0 bridgehead atoms. The number of carbonyl (C=O) groups excluding carboxylic acids is 1. The maximum absolute atomic E-state index is 12.3. The summed E-state index contributed by atoms with van der Waals surface area (Å²) < 4.78 is 26.4. The van der Waals surface area contributed by atoms with Gasteiger partial charge in [-0.05, 0) is 43.8 Å². The van der Waals surface area contributed by atoms with Crippen LogP contribution in [0.1, 0.15) is 11.1 Å². The number of tetrazole rings is 1. The van der Waals surface area contributed by atoms with Crippen molar-refractivity contribution in [3.63, 3.8) is 0 Å². The van der Waals surface area contributed by atoms with E-state index in [4.69, 9.17) is 0 Å². The first-order valence-corrected chi connectivity index (χ1v) is 9.96. The number of hydrogen-bond acceptors (Lipinski definition) is 6. The highest BCUT2D eigenvalue weighted by Gasteiger charge is 2.16. The zero-order chi connectivity index (χ0) is 20.3. The second-order valence-corrected chi connectivity index (χ2v) is 8.10. The van der Waals surface area contributed by atoms with Crippen LogP contribution >= 0.6 is 0 Å². The lowest BCUT2D eigenvalue weighted by molar-refractivity contribution is -0.117. The number of sulfonamides is 1. The Hall–Kier alpha value is -3.11. The third kappa shape index (κ3) is 4.41. The Morgan fingerprint density at radius 2 is 1.82 bits per heavy atom. The third-order valence-electron chi connectivity index (χ3n) is 4.08. The van der Waals surface area contributed by atoms with Crippen LogP contribution in [-0.2, 0) is 21.4 Å². The van der Waals surface area contributed by atoms with Gasteiger partial charge in [0.15, 0.2) is 0 Å². The molecule has 0 saturated carbocycles. The van der Waals surface area contributed by atoms with Crippen molar-refractivity contribution in [2.75, 3.05) is 12.4 Å². The molecule has 0 unspecified atom stereocenters. The Morgan fingerprint density at radius 3 is 2.50 bits per heavy atom. The number of aromatic nitrogens is 4. The second kappa shape index (κ2) is 7.87. The Kier molecular flexibility index (Phi) is 5.52. The van der Waals surface area contributed by atoms with E-state index >= 15 is 0 Å². The molecule has 0 aliphatic carbocycles. The maximum Gasteiger partial charge on any atom is 0.248 e. The van der Waals surface area contributed by atoms with E-state index in [-0.39, 0.29) is 11.4 Å². The number of nitrogens with zero attached hydrogens (tertiary/aromatic N) is 4. The number of benzene rings is 2. The molecule has 1 amide bonds. The van der Waals surface area contributed by atoms with Crippen molar-refractivity contribution in [3.8, 4) is 11.4 Å². The van der Waals surface area contributed by atoms with Crippen LogP contribution in [0.25, 0.3) is 11.4 Å². The van der Waals surface area contributed by atoms with Gasteiger partial charge in [-0.1, -0.05) is 35.9 Å². The van der Waals surface area contributed by atoms with Crippen molar-refractivity contribution in [1.82, 2.24) is 24.9 Å². The Morgan fingerprint density at radius 1 is 1.11 bits per heavy atom. The number of anilines is 1. The monoisotopic (exact) mass is 400 g/mol. The molecule has 0 spiro atoms. The van der Waals surface area contributed by atoms with E-state index in [1.165, 1.54) is 17.9 Å². The van der Waals surface area contributed by atoms with Crippen LogP contribution in [0.4, 0.5) is 5.69 Å². The van der Waals surface area contributed by atoms with Crippen molar-refractivity contribution in [3.05, 3.63) is 53.6 Å². The average Bonchev–Trinajstić information content (AvgIpc) is 3.12. The van der Waals surface area contributed by atoms with Gasteiger partial charge in [-0.2, -0.15) is 4.80 Å². The standard InChI is InChI=1S/C18H20N6O3S/c1-12-4-7-14(8-5-12)18-21-23-24(22-18)11-17(25)20-15-9-6-13(2)16(10-15)28(26,27)19-3/h4-10,19H,11H2,1-3H3,(H,20,25). The summed E-state index contributed by atoms with van der Waals surface area (Å²) in [6, 6.07) is 12.3. The molecule has 146 valence electrons. The zero-order valence-electron chi connectivity index (χ0n) is 15.7. The molecule has 0 aliphatic heterocycles. The highest BCUT2D eigenvalue weighted by Crippen LogP contribution is 2.20. The second-order valence-electron chi connectivity index (χ2n) is 6.25. The van der Waals surface area contributed by atoms with Crippen molar-refractivity contribution >= 4 is 21.6 Å². The number of nitrogens with one attached hydrogen (secondary N) is 2. The van der Waals surface area contributed by atoms with E-state index in [0.717, 1.165) is 11.1 Å². The molecule has 1 heterocycles. The maximum atomic E-state index is 12.3. The van der Waals surface area contributed by atoms with Crippen LogP contribution in [0.3, 0.4) is 0 Å². The van der Waals surface area contributed by atoms with Crippen molar-refractivity contribution in [1.29, 1.82) is 0 Å². The van der Waals surface area contributed by atoms with E-state index in [2.05, 4.69) is 25.4 Å². The van der Waals surface area contributed by atoms with E-state index in [0.29, 0.717) is 17.1 Å². The Balaban J connectivity index is 1.71. The molecule has 0 aliphatic rings. The number of rotatable bonds is 6. The van der Waals surface area contributed by atoms with Gasteiger partial charge in [-0.25, -0.2) is 13.1 Å². The summed E-state index contributed by atoms with van der Waals surface area (Å²) in [5.74, 6) is 0.0232. The van der Waals surface area contributed by atoms with Crippen LogP contribution in [0, 0.1) is 13.8 Å². The van der Waals surface area contributed by atoms with Crippen molar-refractivity contribution in [2.24, 2.45) is 0 Å². The van der Waals surface area contributed by atoms with E-state index in [9.17, 15) is 13.2 Å². The third-order valence-corrected chi connectivity index (χ3v) is 5.63. The lowest BCUT2D eigenvalue weighted by Gasteiger charge is -2.10. The molecule has 0 atom stereocenters. The van der Waals surface area contributed by atoms with Crippen LogP contribution in [-0.4, -0.2) is 41.6 Å². The number of hydrogen-bond donors (Lipinski definition) is 2. The molecule has 1 aromatic heterocycles. The summed E-state index contributed by atoms with van der Waals surface area (Å²) >= 11 is 0. The molecular formula is C18H20N6O3S. The first kappa shape index (κ1) is 19.6. The minimum atomic E-state index is -3.62. The van der Waals surface area contributed by atoms with Crippen LogP contribution in [0.15, 0.2) is 47.4 Å². The highest BCUT2D eigenvalue weighted by atomic mass is 32.2. The molecule has 0 radical (unpaired) electrons. The molecule has 3 rings (SSSR count). The van der Waals surface area contributed by atoms with Gasteiger partial charge in [-0.3, -0.25) is 4.79 Å². The van der Waals surface area contributed by atoms with Crippen molar-refractivity contribution in [2.45, 2.75) is 25.3 Å². The molecule has 3 aromatic rings. The molecule has 9 nitrogen and oxygen atoms in total. The fourth-order valence-electron chi connectivity index (χ4n) is 2.53. The van der Waals surface area contributed by atoms with E-state index < -0.39 is 15.9 Å². The lowest BCUT2D eigenvalue weighted by Crippen LogP contribution is -2.22. The Bertz CT molecular complexity index is 1110. The molecule has 10 heteroatoms. The summed E-state index contributed by atoms with van der Waals surface area (Å²) in [6.45, 7) is 3.51. The predicted octanol–water partition coefficient (Wildman–Crippen LogP) is 1.50. The largest absolute Gasteiger partial charge is 0.324 e. The molecule has 2 aromatic carbocycles. The molecule has 2 N–H and O–H groups in total. The lowest BCUT2D eigenvalue weighted by atomic mass is 10.1. The average molecular weight is 400 g/mol. The minimum absolute atomic E-state index is 0.105. The fourth-order valence-corrected chi connectivity index (χ4v) is 3.53. The Labute approximate surface area is 162 Å². The van der Waals surface area contributed by atoms with Crippen LogP contribution < -0.4 is 10.0 Å². The summed E-state index contributed by atoms with van der Waals surface area (Å²) in [5.41, 5.74) is 2.86. The van der Waals surface area contributed by atoms with Crippen LogP contribution in [0.5, 0.6) is 0 Å². The quantitative estimate of drug-likeness (QED) is 0.647. The molecule has 28 heavy (non-hydrogen) atoms.